The summed E-state index contributed by atoms with van der Waals surface area (Å²) in [7, 11) is 0. The molecule has 0 aliphatic heterocycles. The standard InChI is InChI=1S/C16H21ClN2/c1-11-8-13-14(9-12(11)2)19(15(10-17)18-13)16(3)6-4-5-7-16/h8-9H,4-7,10H2,1-3H3. The SMILES string of the molecule is Cc1cc2nc(CCl)n(C3(C)CCCC3)c2cc1C. The van der Waals surface area contributed by atoms with Gasteiger partial charge in [-0.2, -0.15) is 0 Å². The van der Waals surface area contributed by atoms with E-state index < -0.39 is 0 Å². The predicted octanol–water partition coefficient (Wildman–Crippen LogP) is 4.68. The molecular formula is C16H21ClN2. The zero-order valence-electron chi connectivity index (χ0n) is 12.0. The Bertz CT molecular complexity index is 621. The Morgan fingerprint density at radius 1 is 1.21 bits per heavy atom. The van der Waals surface area contributed by atoms with E-state index in [9.17, 15) is 0 Å². The summed E-state index contributed by atoms with van der Waals surface area (Å²) in [5.41, 5.74) is 5.17. The van der Waals surface area contributed by atoms with Crippen LogP contribution in [0.5, 0.6) is 0 Å². The summed E-state index contributed by atoms with van der Waals surface area (Å²) in [6.07, 6.45) is 5.08. The number of benzene rings is 1. The van der Waals surface area contributed by atoms with Crippen molar-refractivity contribution in [2.75, 3.05) is 0 Å². The molecule has 0 spiro atoms. The summed E-state index contributed by atoms with van der Waals surface area (Å²) < 4.78 is 2.41. The van der Waals surface area contributed by atoms with E-state index in [-0.39, 0.29) is 5.54 Å². The van der Waals surface area contributed by atoms with Crippen molar-refractivity contribution >= 4 is 22.6 Å². The molecule has 0 unspecified atom stereocenters. The Morgan fingerprint density at radius 3 is 2.47 bits per heavy atom. The van der Waals surface area contributed by atoms with Gasteiger partial charge in [0.25, 0.3) is 0 Å². The van der Waals surface area contributed by atoms with Crippen LogP contribution in [0.15, 0.2) is 12.1 Å². The van der Waals surface area contributed by atoms with Crippen LogP contribution in [0, 0.1) is 13.8 Å². The zero-order valence-corrected chi connectivity index (χ0v) is 12.7. The average molecular weight is 277 g/mol. The molecule has 1 aliphatic carbocycles. The highest BCUT2D eigenvalue weighted by Crippen LogP contribution is 2.40. The Morgan fingerprint density at radius 2 is 1.84 bits per heavy atom. The molecule has 0 atom stereocenters. The summed E-state index contributed by atoms with van der Waals surface area (Å²) >= 11 is 6.14. The molecule has 1 fully saturated rings. The molecule has 0 saturated heterocycles. The third kappa shape index (κ3) is 1.97. The predicted molar refractivity (Wildman–Crippen MR) is 80.9 cm³/mol. The number of nitrogens with zero attached hydrogens (tertiary/aromatic N) is 2. The van der Waals surface area contributed by atoms with Gasteiger partial charge in [-0.15, -0.1) is 11.6 Å². The number of imidazole rings is 1. The van der Waals surface area contributed by atoms with Crippen molar-refractivity contribution in [3.8, 4) is 0 Å². The second-order valence-corrected chi connectivity index (χ2v) is 6.39. The number of alkyl halides is 1. The third-order valence-corrected chi connectivity index (χ3v) is 4.92. The second-order valence-electron chi connectivity index (χ2n) is 6.13. The van der Waals surface area contributed by atoms with Crippen molar-refractivity contribution in [1.29, 1.82) is 0 Å². The highest BCUT2D eigenvalue weighted by molar-refractivity contribution is 6.16. The largest absolute Gasteiger partial charge is 0.321 e. The van der Waals surface area contributed by atoms with Gasteiger partial charge >= 0.3 is 0 Å². The lowest BCUT2D eigenvalue weighted by Gasteiger charge is -2.28. The van der Waals surface area contributed by atoms with Crippen molar-refractivity contribution < 1.29 is 0 Å². The molecule has 3 heteroatoms. The lowest BCUT2D eigenvalue weighted by Crippen LogP contribution is -2.27. The maximum atomic E-state index is 6.14. The van der Waals surface area contributed by atoms with E-state index in [1.165, 1.54) is 42.3 Å². The van der Waals surface area contributed by atoms with Gasteiger partial charge in [0.1, 0.15) is 5.82 Å². The van der Waals surface area contributed by atoms with Crippen LogP contribution in [0.2, 0.25) is 0 Å². The molecule has 2 nitrogen and oxygen atoms in total. The molecule has 3 rings (SSSR count). The molecule has 102 valence electrons. The summed E-state index contributed by atoms with van der Waals surface area (Å²) in [5, 5.41) is 0. The van der Waals surface area contributed by atoms with Crippen LogP contribution in [-0.4, -0.2) is 9.55 Å². The highest BCUT2D eigenvalue weighted by Gasteiger charge is 2.33. The number of halogens is 1. The number of aryl methyl sites for hydroxylation is 2. The van der Waals surface area contributed by atoms with Gasteiger partial charge in [0.05, 0.1) is 16.9 Å². The molecule has 1 aromatic carbocycles. The third-order valence-electron chi connectivity index (χ3n) is 4.68. The van der Waals surface area contributed by atoms with Crippen LogP contribution in [0.3, 0.4) is 0 Å². The number of fused-ring (bicyclic) bond motifs is 1. The molecule has 1 aliphatic rings. The number of hydrogen-bond acceptors (Lipinski definition) is 1. The minimum absolute atomic E-state index is 0.195. The fourth-order valence-corrected chi connectivity index (χ4v) is 3.61. The van der Waals surface area contributed by atoms with Crippen molar-refractivity contribution in [2.45, 2.75) is 57.9 Å². The van der Waals surface area contributed by atoms with Crippen LogP contribution < -0.4 is 0 Å². The Labute approximate surface area is 119 Å². The molecule has 0 radical (unpaired) electrons. The normalized spacial score (nSPS) is 18.3. The number of rotatable bonds is 2. The summed E-state index contributed by atoms with van der Waals surface area (Å²) in [4.78, 5) is 4.75. The lowest BCUT2D eigenvalue weighted by atomic mass is 9.99. The number of aromatic nitrogens is 2. The minimum Gasteiger partial charge on any atom is -0.321 e. The molecule has 1 aromatic heterocycles. The van der Waals surface area contributed by atoms with Crippen molar-refractivity contribution in [2.24, 2.45) is 0 Å². The molecule has 0 bridgehead atoms. The van der Waals surface area contributed by atoms with Crippen molar-refractivity contribution in [1.82, 2.24) is 9.55 Å². The van der Waals surface area contributed by atoms with Crippen LogP contribution in [0.4, 0.5) is 0 Å². The van der Waals surface area contributed by atoms with Gasteiger partial charge in [-0.3, -0.25) is 0 Å². The molecule has 2 aromatic rings. The fraction of sp³-hybridized carbons (Fsp3) is 0.562. The first kappa shape index (κ1) is 13.0. The zero-order chi connectivity index (χ0) is 13.6. The Kier molecular flexibility index (Phi) is 3.09. The minimum atomic E-state index is 0.195. The van der Waals surface area contributed by atoms with E-state index in [4.69, 9.17) is 16.6 Å². The smallest absolute Gasteiger partial charge is 0.125 e. The molecule has 19 heavy (non-hydrogen) atoms. The van der Waals surface area contributed by atoms with E-state index in [0.29, 0.717) is 5.88 Å². The fourth-order valence-electron chi connectivity index (χ4n) is 3.43. The Hall–Kier alpha value is -1.02. The van der Waals surface area contributed by atoms with E-state index in [0.717, 1.165) is 11.3 Å². The van der Waals surface area contributed by atoms with Gasteiger partial charge in [-0.25, -0.2) is 4.98 Å². The van der Waals surface area contributed by atoms with Crippen LogP contribution >= 0.6 is 11.6 Å². The lowest BCUT2D eigenvalue weighted by molar-refractivity contribution is 0.331. The maximum Gasteiger partial charge on any atom is 0.125 e. The van der Waals surface area contributed by atoms with Gasteiger partial charge in [0.2, 0.25) is 0 Å². The van der Waals surface area contributed by atoms with E-state index in [2.05, 4.69) is 37.5 Å². The van der Waals surface area contributed by atoms with Crippen LogP contribution in [0.1, 0.15) is 49.6 Å². The molecule has 0 N–H and O–H groups in total. The molecule has 0 amide bonds. The number of hydrogen-bond donors (Lipinski definition) is 0. The molecular weight excluding hydrogens is 256 g/mol. The summed E-state index contributed by atoms with van der Waals surface area (Å²) in [5.74, 6) is 1.51. The van der Waals surface area contributed by atoms with E-state index in [1.54, 1.807) is 0 Å². The van der Waals surface area contributed by atoms with Gasteiger partial charge in [0, 0.05) is 5.54 Å². The van der Waals surface area contributed by atoms with E-state index in [1.807, 2.05) is 0 Å². The summed E-state index contributed by atoms with van der Waals surface area (Å²) in [6, 6.07) is 4.47. The molecule has 1 heterocycles. The topological polar surface area (TPSA) is 17.8 Å². The average Bonchev–Trinajstić information content (AvgIpc) is 2.94. The Balaban J connectivity index is 2.29. The second kappa shape index (κ2) is 4.52. The van der Waals surface area contributed by atoms with Gasteiger partial charge in [-0.05, 0) is 56.9 Å². The van der Waals surface area contributed by atoms with Crippen LogP contribution in [0.25, 0.3) is 11.0 Å². The maximum absolute atomic E-state index is 6.14. The first-order chi connectivity index (χ1) is 9.05. The van der Waals surface area contributed by atoms with Gasteiger partial charge in [0.15, 0.2) is 0 Å². The van der Waals surface area contributed by atoms with Gasteiger partial charge < -0.3 is 4.57 Å². The van der Waals surface area contributed by atoms with Gasteiger partial charge in [-0.1, -0.05) is 12.8 Å². The highest BCUT2D eigenvalue weighted by atomic mass is 35.5. The van der Waals surface area contributed by atoms with Crippen molar-refractivity contribution in [3.63, 3.8) is 0 Å². The van der Waals surface area contributed by atoms with Crippen molar-refractivity contribution in [3.05, 3.63) is 29.1 Å². The van der Waals surface area contributed by atoms with Crippen LogP contribution in [-0.2, 0) is 11.4 Å². The first-order valence-electron chi connectivity index (χ1n) is 7.10. The summed E-state index contributed by atoms with van der Waals surface area (Å²) in [6.45, 7) is 6.67. The monoisotopic (exact) mass is 276 g/mol. The first-order valence-corrected chi connectivity index (χ1v) is 7.64. The quantitative estimate of drug-likeness (QED) is 0.728. The van der Waals surface area contributed by atoms with E-state index >= 15 is 0 Å². The molecule has 1 saturated carbocycles.